The first kappa shape index (κ1) is 22.3. The van der Waals surface area contributed by atoms with Crippen LogP contribution in [0.2, 0.25) is 0 Å². The minimum atomic E-state index is -0.412. The van der Waals surface area contributed by atoms with Gasteiger partial charge in [-0.1, -0.05) is 78.9 Å². The van der Waals surface area contributed by atoms with E-state index in [1.807, 2.05) is 115 Å². The standard InChI is InChI=1S/C30H22N6O/c37-30(28(22-9-3-1-4-10-22)23-11-5-2-6-12-23)32-24-16-14-21(15-17-24)25-18-19-27-33-34-29(36(27)35-25)26-13-7-8-20-31-26/h1-20,28H,(H,32,37). The molecule has 0 atom stereocenters. The molecule has 0 bridgehead atoms. The largest absolute Gasteiger partial charge is 0.325 e. The van der Waals surface area contributed by atoms with Gasteiger partial charge in [0.25, 0.3) is 0 Å². The van der Waals surface area contributed by atoms with E-state index < -0.39 is 5.92 Å². The SMILES string of the molecule is O=C(Nc1ccc(-c2ccc3nnc(-c4ccccn4)n3n2)cc1)C(c1ccccc1)c1ccccc1. The Morgan fingerprint density at radius 2 is 1.35 bits per heavy atom. The Bertz CT molecular complexity index is 1610. The number of carbonyl (C=O) groups excluding carboxylic acids is 1. The van der Waals surface area contributed by atoms with Gasteiger partial charge in [-0.2, -0.15) is 9.61 Å². The van der Waals surface area contributed by atoms with E-state index in [-0.39, 0.29) is 5.91 Å². The second kappa shape index (κ2) is 9.83. The number of amides is 1. The van der Waals surface area contributed by atoms with E-state index >= 15 is 0 Å². The zero-order valence-corrected chi connectivity index (χ0v) is 19.8. The second-order valence-corrected chi connectivity index (χ2v) is 8.55. The molecule has 0 saturated carbocycles. The summed E-state index contributed by atoms with van der Waals surface area (Å²) in [5.74, 6) is 0.0771. The summed E-state index contributed by atoms with van der Waals surface area (Å²) in [6.07, 6.45) is 1.72. The molecule has 178 valence electrons. The number of pyridine rings is 1. The fourth-order valence-electron chi connectivity index (χ4n) is 4.32. The van der Waals surface area contributed by atoms with Gasteiger partial charge >= 0.3 is 0 Å². The van der Waals surface area contributed by atoms with E-state index in [9.17, 15) is 4.79 Å². The third-order valence-electron chi connectivity index (χ3n) is 6.13. The highest BCUT2D eigenvalue weighted by molar-refractivity contribution is 5.98. The lowest BCUT2D eigenvalue weighted by Crippen LogP contribution is -2.22. The fraction of sp³-hybridized carbons (Fsp3) is 0.0333. The number of aromatic nitrogens is 5. The average molecular weight is 483 g/mol. The van der Waals surface area contributed by atoms with Gasteiger partial charge < -0.3 is 5.32 Å². The van der Waals surface area contributed by atoms with Gasteiger partial charge in [0.15, 0.2) is 5.65 Å². The first-order valence-electron chi connectivity index (χ1n) is 11.9. The predicted octanol–water partition coefficient (Wildman–Crippen LogP) is 5.62. The molecule has 0 unspecified atom stereocenters. The molecule has 0 fully saturated rings. The predicted molar refractivity (Wildman–Crippen MR) is 143 cm³/mol. The van der Waals surface area contributed by atoms with Crippen LogP contribution in [0.5, 0.6) is 0 Å². The number of nitrogens with one attached hydrogen (secondary N) is 1. The summed E-state index contributed by atoms with van der Waals surface area (Å²) in [4.78, 5) is 17.8. The molecule has 0 aliphatic carbocycles. The van der Waals surface area contributed by atoms with Crippen LogP contribution in [0, 0.1) is 0 Å². The number of hydrogen-bond acceptors (Lipinski definition) is 5. The maximum absolute atomic E-state index is 13.4. The number of rotatable bonds is 6. The lowest BCUT2D eigenvalue weighted by Gasteiger charge is -2.18. The summed E-state index contributed by atoms with van der Waals surface area (Å²) in [6, 6.07) is 36.7. The van der Waals surface area contributed by atoms with Crippen molar-refractivity contribution < 1.29 is 4.79 Å². The third kappa shape index (κ3) is 4.58. The first-order chi connectivity index (χ1) is 18.3. The Balaban J connectivity index is 1.26. The van der Waals surface area contributed by atoms with Gasteiger partial charge in [0.1, 0.15) is 5.69 Å². The van der Waals surface area contributed by atoms with E-state index in [0.717, 1.165) is 22.4 Å². The zero-order valence-electron chi connectivity index (χ0n) is 19.8. The summed E-state index contributed by atoms with van der Waals surface area (Å²) in [7, 11) is 0. The Hall–Kier alpha value is -5.17. The summed E-state index contributed by atoms with van der Waals surface area (Å²) < 4.78 is 1.69. The molecule has 7 heteroatoms. The fourth-order valence-corrected chi connectivity index (χ4v) is 4.32. The van der Waals surface area contributed by atoms with Crippen LogP contribution >= 0.6 is 0 Å². The molecule has 3 heterocycles. The Morgan fingerprint density at radius 1 is 0.676 bits per heavy atom. The van der Waals surface area contributed by atoms with Crippen molar-refractivity contribution in [2.45, 2.75) is 5.92 Å². The van der Waals surface area contributed by atoms with Crippen molar-refractivity contribution in [3.05, 3.63) is 133 Å². The highest BCUT2D eigenvalue weighted by Crippen LogP contribution is 2.27. The molecule has 0 saturated heterocycles. The summed E-state index contributed by atoms with van der Waals surface area (Å²) >= 11 is 0. The van der Waals surface area contributed by atoms with Crippen molar-refractivity contribution in [3.8, 4) is 22.8 Å². The van der Waals surface area contributed by atoms with Crippen LogP contribution in [0.4, 0.5) is 5.69 Å². The number of hydrogen-bond donors (Lipinski definition) is 1. The lowest BCUT2D eigenvalue weighted by atomic mass is 9.90. The molecule has 37 heavy (non-hydrogen) atoms. The van der Waals surface area contributed by atoms with E-state index in [0.29, 0.717) is 22.9 Å². The number of fused-ring (bicyclic) bond motifs is 1. The molecule has 0 radical (unpaired) electrons. The van der Waals surface area contributed by atoms with Crippen molar-refractivity contribution >= 4 is 17.2 Å². The smallest absolute Gasteiger partial charge is 0.236 e. The number of carbonyl (C=O) groups is 1. The molecule has 0 aliphatic rings. The van der Waals surface area contributed by atoms with Gasteiger partial charge in [0, 0.05) is 17.4 Å². The van der Waals surface area contributed by atoms with Crippen molar-refractivity contribution in [1.82, 2.24) is 24.8 Å². The normalized spacial score (nSPS) is 11.1. The van der Waals surface area contributed by atoms with Crippen LogP contribution in [-0.4, -0.2) is 30.7 Å². The minimum Gasteiger partial charge on any atom is -0.325 e. The second-order valence-electron chi connectivity index (χ2n) is 8.55. The molecule has 7 nitrogen and oxygen atoms in total. The highest BCUT2D eigenvalue weighted by Gasteiger charge is 2.22. The molecule has 3 aromatic carbocycles. The number of anilines is 1. The van der Waals surface area contributed by atoms with Gasteiger partial charge in [0.05, 0.1) is 11.6 Å². The molecule has 6 rings (SSSR count). The van der Waals surface area contributed by atoms with Crippen LogP contribution in [0.3, 0.4) is 0 Å². The number of benzene rings is 3. The topological polar surface area (TPSA) is 85.1 Å². The molecule has 0 aliphatic heterocycles. The minimum absolute atomic E-state index is 0.0887. The molecular weight excluding hydrogens is 460 g/mol. The zero-order chi connectivity index (χ0) is 25.0. The van der Waals surface area contributed by atoms with Gasteiger partial charge in [-0.05, 0) is 47.5 Å². The van der Waals surface area contributed by atoms with Gasteiger partial charge in [-0.25, -0.2) is 0 Å². The van der Waals surface area contributed by atoms with Crippen LogP contribution < -0.4 is 5.32 Å². The van der Waals surface area contributed by atoms with E-state index in [1.165, 1.54) is 0 Å². The lowest BCUT2D eigenvalue weighted by molar-refractivity contribution is -0.116. The molecule has 0 spiro atoms. The maximum Gasteiger partial charge on any atom is 0.236 e. The highest BCUT2D eigenvalue weighted by atomic mass is 16.1. The van der Waals surface area contributed by atoms with Crippen molar-refractivity contribution in [3.63, 3.8) is 0 Å². The van der Waals surface area contributed by atoms with Crippen molar-refractivity contribution in [2.75, 3.05) is 5.32 Å². The van der Waals surface area contributed by atoms with Crippen molar-refractivity contribution in [1.29, 1.82) is 0 Å². The molecular formula is C30H22N6O. The number of nitrogens with zero attached hydrogens (tertiary/aromatic N) is 5. The monoisotopic (exact) mass is 482 g/mol. The quantitative estimate of drug-likeness (QED) is 0.333. The molecule has 3 aromatic heterocycles. The van der Waals surface area contributed by atoms with Gasteiger partial charge in [0.2, 0.25) is 11.7 Å². The Labute approximate surface area is 213 Å². The Kier molecular flexibility index (Phi) is 5.93. The van der Waals surface area contributed by atoms with Crippen LogP contribution in [-0.2, 0) is 4.79 Å². The van der Waals surface area contributed by atoms with E-state index in [2.05, 4.69) is 20.5 Å². The molecule has 1 N–H and O–H groups in total. The first-order valence-corrected chi connectivity index (χ1v) is 11.9. The molecule has 1 amide bonds. The average Bonchev–Trinajstić information content (AvgIpc) is 3.39. The summed E-state index contributed by atoms with van der Waals surface area (Å²) in [5.41, 5.74) is 5.60. The third-order valence-corrected chi connectivity index (χ3v) is 6.13. The Morgan fingerprint density at radius 3 is 2.00 bits per heavy atom. The van der Waals surface area contributed by atoms with Crippen LogP contribution in [0.15, 0.2) is 121 Å². The van der Waals surface area contributed by atoms with Crippen LogP contribution in [0.1, 0.15) is 17.0 Å². The molecule has 6 aromatic rings. The van der Waals surface area contributed by atoms with Gasteiger partial charge in [-0.3, -0.25) is 9.78 Å². The van der Waals surface area contributed by atoms with E-state index in [1.54, 1.807) is 10.7 Å². The van der Waals surface area contributed by atoms with Crippen molar-refractivity contribution in [2.24, 2.45) is 0 Å². The maximum atomic E-state index is 13.4. The summed E-state index contributed by atoms with van der Waals surface area (Å²) in [5, 5.41) is 16.3. The van der Waals surface area contributed by atoms with Crippen LogP contribution in [0.25, 0.3) is 28.4 Å². The summed E-state index contributed by atoms with van der Waals surface area (Å²) in [6.45, 7) is 0. The van der Waals surface area contributed by atoms with E-state index in [4.69, 9.17) is 5.10 Å². The van der Waals surface area contributed by atoms with Gasteiger partial charge in [-0.15, -0.1) is 10.2 Å².